The topological polar surface area (TPSA) is 35.9 Å². The van der Waals surface area contributed by atoms with E-state index in [1.807, 2.05) is 66.9 Å². The number of hydrogen-bond donors (Lipinski definition) is 0. The molecule has 11 aromatic rings. The second-order valence-electron chi connectivity index (χ2n) is 18.8. The summed E-state index contributed by atoms with van der Waals surface area (Å²) in [5.41, 5.74) is 7.32. The van der Waals surface area contributed by atoms with E-state index in [2.05, 4.69) is 110 Å². The average molecular weight is 940 g/mol. The molecule has 0 atom stereocenters. The van der Waals surface area contributed by atoms with Crippen molar-refractivity contribution in [3.8, 4) is 62.1 Å². The third-order valence-electron chi connectivity index (χ3n) is 12.3. The van der Waals surface area contributed by atoms with E-state index in [-0.39, 0.29) is 33.4 Å². The van der Waals surface area contributed by atoms with Crippen LogP contribution in [0, 0.1) is 6.33 Å². The Kier molecular flexibility index (Phi) is 8.06. The van der Waals surface area contributed by atoms with E-state index in [1.165, 1.54) is 4.40 Å². The fraction of sp³-hybridized carbons (Fsp3) is 0.115. The van der Waals surface area contributed by atoms with E-state index in [0.717, 1.165) is 44.3 Å². The maximum Gasteiger partial charge on any atom is 0.0811 e. The zero-order valence-electron chi connectivity index (χ0n) is 48.1. The Bertz CT molecular complexity index is 4090. The molecule has 11 rings (SSSR count). The molecule has 0 radical (unpaired) electrons. The van der Waals surface area contributed by atoms with E-state index in [1.54, 1.807) is 27.3 Å². The van der Waals surface area contributed by atoms with Gasteiger partial charge in [-0.15, -0.1) is 0 Å². The molecule has 0 amide bonds. The maximum absolute atomic E-state index is 9.05. The van der Waals surface area contributed by atoms with E-state index in [9.17, 15) is 0 Å². The van der Waals surface area contributed by atoms with Gasteiger partial charge in [-0.2, -0.15) is 0 Å². The van der Waals surface area contributed by atoms with Crippen molar-refractivity contribution in [2.45, 2.75) is 43.5 Å². The van der Waals surface area contributed by atoms with Crippen molar-refractivity contribution in [3.63, 3.8) is 0 Å². The summed E-state index contributed by atoms with van der Waals surface area (Å²) in [6.45, 7) is 6.58. The third kappa shape index (κ3) is 7.93. The minimum Gasteiger partial charge on any atom is -0.0666 e. The van der Waals surface area contributed by atoms with Gasteiger partial charge >= 0.3 is 172 Å². The van der Waals surface area contributed by atoms with Crippen LogP contribution in [-0.4, -0.2) is 27.4 Å². The van der Waals surface area contributed by atoms with Crippen LogP contribution in [0.5, 0.6) is 11.5 Å². The normalized spacial score (nSPS) is 14.1. The van der Waals surface area contributed by atoms with E-state index in [4.69, 9.17) is 23.4 Å². The van der Waals surface area contributed by atoms with Crippen molar-refractivity contribution in [1.29, 1.82) is 0 Å². The molecule has 0 aliphatic rings. The zero-order valence-corrected chi connectivity index (χ0v) is 40.2. The first-order chi connectivity index (χ1) is 36.6. The number of hydrogen-bond acceptors (Lipinski definition) is 2. The molecule has 0 N–H and O–H groups in total. The predicted molar refractivity (Wildman–Crippen MR) is 280 cm³/mol. The van der Waals surface area contributed by atoms with Gasteiger partial charge in [0.2, 0.25) is 0 Å². The van der Waals surface area contributed by atoms with Crippen molar-refractivity contribution >= 4 is 50.5 Å². The first-order valence-corrected chi connectivity index (χ1v) is 29.6. The van der Waals surface area contributed by atoms with Gasteiger partial charge < -0.3 is 0 Å². The second kappa shape index (κ2) is 16.7. The monoisotopic (exact) mass is 940 g/mol. The molecule has 0 saturated heterocycles. The number of aromatic nitrogens is 4. The van der Waals surface area contributed by atoms with E-state index >= 15 is 0 Å². The van der Waals surface area contributed by atoms with Crippen LogP contribution in [0.2, 0.25) is 17.3 Å². The predicted octanol–water partition coefficient (Wildman–Crippen LogP) is 14.8. The number of nitrogens with zero attached hydrogens (tertiary/aromatic N) is 4. The number of ether oxygens (including phenoxy) is 1. The molecule has 0 aliphatic heterocycles. The van der Waals surface area contributed by atoms with Crippen LogP contribution in [0.4, 0.5) is 0 Å². The SMILES string of the molecule is [2H]c1c([2H])c([2H])c(-c2cccc(-c3c([2H])c([2H])c([2H])c([2H])c3[2H])c2-[n+]2[c-]n(-c3cccc(Oc4ccc5c6cc(-c7cc[c]([Ge]([CH3])([CH3])[CH3])cc7)ccc6n(-c6cc(C(C)(C)C)ccn6)c5c4)c3)c3ccccc32)c([2H])c1[2H]. The van der Waals surface area contributed by atoms with Crippen LogP contribution < -0.4 is 13.7 Å². The molecule has 326 valence electrons. The van der Waals surface area contributed by atoms with Crippen LogP contribution >= 0.6 is 0 Å². The quantitative estimate of drug-likeness (QED) is 0.0821. The van der Waals surface area contributed by atoms with Gasteiger partial charge in [0.1, 0.15) is 5.75 Å². The number of imidazole rings is 1. The fourth-order valence-corrected chi connectivity index (χ4v) is 11.3. The number of rotatable bonds is 9. The van der Waals surface area contributed by atoms with E-state index < -0.39 is 73.7 Å². The Morgan fingerprint density at radius 1 is 0.582 bits per heavy atom. The number of benzene rings is 8. The Morgan fingerprint density at radius 2 is 1.25 bits per heavy atom. The van der Waals surface area contributed by atoms with Crippen LogP contribution in [0.1, 0.15) is 40.0 Å². The van der Waals surface area contributed by atoms with Gasteiger partial charge in [0.05, 0.1) is 36.1 Å². The van der Waals surface area contributed by atoms with Gasteiger partial charge in [0.15, 0.2) is 0 Å². The van der Waals surface area contributed by atoms with Crippen LogP contribution in [-0.2, 0) is 5.41 Å². The van der Waals surface area contributed by atoms with Gasteiger partial charge in [-0.25, -0.2) is 0 Å². The molecular formula is C61H52GeN4O. The Hall–Kier alpha value is -7.48. The average Bonchev–Trinajstić information content (AvgIpc) is 4.07. The van der Waals surface area contributed by atoms with Crippen LogP contribution in [0.3, 0.4) is 0 Å². The fourth-order valence-electron chi connectivity index (χ4n) is 8.86. The summed E-state index contributed by atoms with van der Waals surface area (Å²) >= 11 is -2.01. The summed E-state index contributed by atoms with van der Waals surface area (Å²) in [4.78, 5) is 4.93. The number of para-hydroxylation sites is 3. The summed E-state index contributed by atoms with van der Waals surface area (Å²) in [5.74, 6) is 9.10. The molecule has 0 aliphatic carbocycles. The minimum absolute atomic E-state index is 0.117. The molecule has 0 fully saturated rings. The smallest absolute Gasteiger partial charge is 0.0666 e. The van der Waals surface area contributed by atoms with Crippen molar-refractivity contribution in [2.75, 3.05) is 0 Å². The van der Waals surface area contributed by atoms with Crippen LogP contribution in [0.15, 0.2) is 206 Å². The summed E-state index contributed by atoms with van der Waals surface area (Å²) in [6.07, 6.45) is 5.33. The van der Waals surface area contributed by atoms with Crippen molar-refractivity contribution in [3.05, 3.63) is 218 Å². The number of fused-ring (bicyclic) bond motifs is 4. The molecule has 0 saturated carbocycles. The number of pyridine rings is 1. The van der Waals surface area contributed by atoms with Gasteiger partial charge in [0.25, 0.3) is 6.33 Å². The zero-order chi connectivity index (χ0) is 54.6. The Morgan fingerprint density at radius 3 is 1.96 bits per heavy atom. The second-order valence-corrected chi connectivity index (χ2v) is 29.4. The molecule has 0 spiro atoms. The van der Waals surface area contributed by atoms with Gasteiger partial charge in [-0.05, 0) is 51.9 Å². The molecule has 8 aromatic carbocycles. The first-order valence-electron chi connectivity index (χ1n) is 27.3. The van der Waals surface area contributed by atoms with Crippen molar-refractivity contribution in [1.82, 2.24) is 14.1 Å². The Balaban J connectivity index is 1.06. The summed E-state index contributed by atoms with van der Waals surface area (Å²) in [5, 5.41) is 2.12. The standard InChI is InChI=1S/C61H52GeN4O/c1-61(2,3)46-35-36-63-59(38-46)66-55-34-29-45(42-27-30-47(31-28-42)62(4,5)6)37-54(55)53-33-32-50(40-58(53)66)67-49-22-15-21-48(39-49)64-41-65(57-26-14-13-25-56(57)64)60-51(43-17-9-7-10-18-43)23-16-24-52(60)44-19-11-8-12-20-44/h7-40H,1-6H3/i7D,8D,9D,10D,11D,12D,17D,18D,19D,20D. The third-order valence-corrected chi connectivity index (χ3v) is 16.7. The van der Waals surface area contributed by atoms with E-state index in [0.29, 0.717) is 28.2 Å². The molecule has 5 nitrogen and oxygen atoms in total. The van der Waals surface area contributed by atoms with Gasteiger partial charge in [-0.3, -0.25) is 9.13 Å². The summed E-state index contributed by atoms with van der Waals surface area (Å²) < 4.78 is 101. The minimum atomic E-state index is -2.01. The molecule has 0 unspecified atom stereocenters. The van der Waals surface area contributed by atoms with Gasteiger partial charge in [-0.1, -0.05) is 130 Å². The molecule has 0 bridgehead atoms. The van der Waals surface area contributed by atoms with Crippen LogP contribution in [0.25, 0.3) is 83.4 Å². The molecule has 3 aromatic heterocycles. The molecular weight excluding hydrogens is 877 g/mol. The largest absolute Gasteiger partial charge is 0.0811 e. The van der Waals surface area contributed by atoms with Crippen molar-refractivity contribution in [2.24, 2.45) is 0 Å². The molecule has 6 heteroatoms. The summed E-state index contributed by atoms with van der Waals surface area (Å²) in [7, 11) is 0. The van der Waals surface area contributed by atoms with Crippen molar-refractivity contribution < 1.29 is 23.0 Å². The molecule has 67 heavy (non-hydrogen) atoms. The van der Waals surface area contributed by atoms with Gasteiger partial charge in [0, 0.05) is 0 Å². The summed E-state index contributed by atoms with van der Waals surface area (Å²) in [6, 6.07) is 40.5. The maximum atomic E-state index is 9.05. The first kappa shape index (κ1) is 32.2. The molecule has 3 heterocycles. The Labute approximate surface area is 409 Å².